The van der Waals surface area contributed by atoms with Gasteiger partial charge in [0, 0.05) is 6.20 Å². The van der Waals surface area contributed by atoms with Gasteiger partial charge >= 0.3 is 0 Å². The van der Waals surface area contributed by atoms with E-state index in [1.54, 1.807) is 18.3 Å². The molecule has 3 rings (SSSR count). The maximum atomic E-state index is 5.48. The lowest BCUT2D eigenvalue weighted by atomic mass is 10.2. The van der Waals surface area contributed by atoms with Gasteiger partial charge in [-0.3, -0.25) is 4.98 Å². The molecule has 0 bridgehead atoms. The number of hydrogen-bond acceptors (Lipinski definition) is 6. The number of nitrogens with two attached hydrogens (primary N) is 1. The van der Waals surface area contributed by atoms with Crippen LogP contribution in [-0.2, 0) is 6.54 Å². The van der Waals surface area contributed by atoms with Crippen LogP contribution in [0.5, 0.6) is 0 Å². The Kier molecular flexibility index (Phi) is 2.85. The molecule has 3 heterocycles. The van der Waals surface area contributed by atoms with E-state index in [1.165, 1.54) is 0 Å². The number of pyridine rings is 1. The Bertz CT molecular complexity index is 702. The van der Waals surface area contributed by atoms with E-state index in [9.17, 15) is 0 Å². The topological polar surface area (TPSA) is 91.0 Å². The van der Waals surface area contributed by atoms with Crippen molar-refractivity contribution in [1.29, 1.82) is 0 Å². The molecule has 0 fully saturated rings. The van der Waals surface area contributed by atoms with Crippen molar-refractivity contribution in [2.75, 3.05) is 0 Å². The van der Waals surface area contributed by atoms with Crippen molar-refractivity contribution in [2.24, 2.45) is 5.73 Å². The van der Waals surface area contributed by atoms with E-state index >= 15 is 0 Å². The predicted molar refractivity (Wildman–Crippen MR) is 67.9 cm³/mol. The Morgan fingerprint density at radius 2 is 2.16 bits per heavy atom. The smallest absolute Gasteiger partial charge is 0.293 e. The molecule has 0 aliphatic carbocycles. The number of nitrogens with zero attached hydrogens (tertiary/aromatic N) is 3. The molecule has 2 N–H and O–H groups in total. The van der Waals surface area contributed by atoms with Crippen LogP contribution in [0, 0.1) is 6.92 Å². The molecule has 0 saturated carbocycles. The van der Waals surface area contributed by atoms with E-state index in [-0.39, 0.29) is 0 Å². The van der Waals surface area contributed by atoms with E-state index in [0.29, 0.717) is 35.5 Å². The zero-order chi connectivity index (χ0) is 13.2. The molecule has 0 aliphatic rings. The highest BCUT2D eigenvalue weighted by Gasteiger charge is 2.14. The quantitative estimate of drug-likeness (QED) is 0.772. The number of aromatic nitrogens is 3. The number of rotatable bonds is 3. The summed E-state index contributed by atoms with van der Waals surface area (Å²) in [6, 6.07) is 7.33. The Morgan fingerprint density at radius 1 is 1.26 bits per heavy atom. The second-order valence-corrected chi connectivity index (χ2v) is 4.11. The van der Waals surface area contributed by atoms with Gasteiger partial charge in [0.05, 0.1) is 6.54 Å². The lowest BCUT2D eigenvalue weighted by Gasteiger charge is -1.94. The second kappa shape index (κ2) is 4.66. The van der Waals surface area contributed by atoms with E-state index in [4.69, 9.17) is 14.7 Å². The van der Waals surface area contributed by atoms with Crippen LogP contribution >= 0.6 is 0 Å². The molecule has 0 unspecified atom stereocenters. The lowest BCUT2D eigenvalue weighted by Crippen LogP contribution is -1.92. The highest BCUT2D eigenvalue weighted by molar-refractivity contribution is 5.53. The fourth-order valence-electron chi connectivity index (χ4n) is 1.69. The standard InChI is InChI=1S/C13H12N4O2/c1-8-4-5-15-10(6-8)12-16-13(19-17-12)11-3-2-9(7-14)18-11/h2-6H,7,14H2,1H3. The minimum absolute atomic E-state index is 0.318. The molecule has 0 atom stereocenters. The third-order valence-electron chi connectivity index (χ3n) is 2.64. The maximum absolute atomic E-state index is 5.48. The summed E-state index contributed by atoms with van der Waals surface area (Å²) in [5.41, 5.74) is 7.23. The molecule has 0 spiro atoms. The normalized spacial score (nSPS) is 10.8. The summed E-state index contributed by atoms with van der Waals surface area (Å²) in [4.78, 5) is 8.47. The molecule has 6 nitrogen and oxygen atoms in total. The Hall–Kier alpha value is -2.47. The number of aryl methyl sites for hydroxylation is 1. The van der Waals surface area contributed by atoms with Crippen molar-refractivity contribution < 1.29 is 8.94 Å². The molecule has 6 heteroatoms. The van der Waals surface area contributed by atoms with Crippen molar-refractivity contribution in [3.8, 4) is 23.2 Å². The number of furan rings is 1. The molecular formula is C13H12N4O2. The van der Waals surface area contributed by atoms with Crippen molar-refractivity contribution in [3.63, 3.8) is 0 Å². The van der Waals surface area contributed by atoms with Crippen LogP contribution in [0.15, 0.2) is 39.4 Å². The first-order chi connectivity index (χ1) is 9.26. The largest absolute Gasteiger partial charge is 0.455 e. The van der Waals surface area contributed by atoms with Gasteiger partial charge in [0.25, 0.3) is 5.89 Å². The molecular weight excluding hydrogens is 244 g/mol. The van der Waals surface area contributed by atoms with Crippen LogP contribution in [-0.4, -0.2) is 15.1 Å². The van der Waals surface area contributed by atoms with Gasteiger partial charge in [-0.15, -0.1) is 0 Å². The van der Waals surface area contributed by atoms with Gasteiger partial charge in [-0.2, -0.15) is 4.98 Å². The molecule has 19 heavy (non-hydrogen) atoms. The minimum atomic E-state index is 0.318. The van der Waals surface area contributed by atoms with Gasteiger partial charge in [0.1, 0.15) is 11.5 Å². The van der Waals surface area contributed by atoms with E-state index in [0.717, 1.165) is 5.56 Å². The fraction of sp³-hybridized carbons (Fsp3) is 0.154. The molecule has 0 amide bonds. The van der Waals surface area contributed by atoms with Gasteiger partial charge in [-0.25, -0.2) is 0 Å². The van der Waals surface area contributed by atoms with Gasteiger partial charge < -0.3 is 14.7 Å². The summed E-state index contributed by atoms with van der Waals surface area (Å²) < 4.78 is 10.6. The summed E-state index contributed by atoms with van der Waals surface area (Å²) in [6.07, 6.45) is 1.71. The SMILES string of the molecule is Cc1ccnc(-c2noc(-c3ccc(CN)o3)n2)c1. The third kappa shape index (κ3) is 2.25. The van der Waals surface area contributed by atoms with Crippen LogP contribution in [0.1, 0.15) is 11.3 Å². The van der Waals surface area contributed by atoms with Crippen LogP contribution in [0.2, 0.25) is 0 Å². The van der Waals surface area contributed by atoms with Crippen LogP contribution in [0.25, 0.3) is 23.2 Å². The summed E-state index contributed by atoms with van der Waals surface area (Å²) in [5.74, 6) is 1.93. The van der Waals surface area contributed by atoms with Gasteiger partial charge in [0.15, 0.2) is 5.76 Å². The van der Waals surface area contributed by atoms with Crippen molar-refractivity contribution in [2.45, 2.75) is 13.5 Å². The highest BCUT2D eigenvalue weighted by Crippen LogP contribution is 2.23. The van der Waals surface area contributed by atoms with Gasteiger partial charge in [-0.05, 0) is 36.8 Å². The van der Waals surface area contributed by atoms with Crippen LogP contribution < -0.4 is 5.73 Å². The van der Waals surface area contributed by atoms with E-state index < -0.39 is 0 Å². The average molecular weight is 256 g/mol. The lowest BCUT2D eigenvalue weighted by molar-refractivity contribution is 0.412. The molecule has 0 radical (unpaired) electrons. The Labute approximate surface area is 109 Å². The molecule has 96 valence electrons. The Morgan fingerprint density at radius 3 is 2.89 bits per heavy atom. The fourth-order valence-corrected chi connectivity index (χ4v) is 1.69. The molecule has 3 aromatic rings. The minimum Gasteiger partial charge on any atom is -0.455 e. The molecule has 3 aromatic heterocycles. The average Bonchev–Trinajstić information content (AvgIpc) is 3.07. The molecule has 0 aliphatic heterocycles. The predicted octanol–water partition coefficient (Wildman–Crippen LogP) is 2.16. The summed E-state index contributed by atoms with van der Waals surface area (Å²) in [5, 5.41) is 3.90. The zero-order valence-corrected chi connectivity index (χ0v) is 10.3. The van der Waals surface area contributed by atoms with Crippen molar-refractivity contribution in [3.05, 3.63) is 41.8 Å². The second-order valence-electron chi connectivity index (χ2n) is 4.11. The maximum Gasteiger partial charge on any atom is 0.293 e. The Balaban J connectivity index is 1.95. The monoisotopic (exact) mass is 256 g/mol. The first-order valence-corrected chi connectivity index (χ1v) is 5.82. The number of hydrogen-bond donors (Lipinski definition) is 1. The first-order valence-electron chi connectivity index (χ1n) is 5.82. The van der Waals surface area contributed by atoms with Gasteiger partial charge in [-0.1, -0.05) is 5.16 Å². The van der Waals surface area contributed by atoms with E-state index in [1.807, 2.05) is 19.1 Å². The van der Waals surface area contributed by atoms with Crippen molar-refractivity contribution >= 4 is 0 Å². The van der Waals surface area contributed by atoms with E-state index in [2.05, 4.69) is 15.1 Å². The van der Waals surface area contributed by atoms with Crippen LogP contribution in [0.4, 0.5) is 0 Å². The zero-order valence-electron chi connectivity index (χ0n) is 10.3. The van der Waals surface area contributed by atoms with Crippen molar-refractivity contribution in [1.82, 2.24) is 15.1 Å². The highest BCUT2D eigenvalue weighted by atomic mass is 16.5. The van der Waals surface area contributed by atoms with Crippen LogP contribution in [0.3, 0.4) is 0 Å². The summed E-state index contributed by atoms with van der Waals surface area (Å²) in [6.45, 7) is 2.31. The summed E-state index contributed by atoms with van der Waals surface area (Å²) >= 11 is 0. The molecule has 0 aromatic carbocycles. The molecule has 0 saturated heterocycles. The third-order valence-corrected chi connectivity index (χ3v) is 2.64. The van der Waals surface area contributed by atoms with Gasteiger partial charge in [0.2, 0.25) is 5.82 Å². The summed E-state index contributed by atoms with van der Waals surface area (Å²) in [7, 11) is 0. The first kappa shape index (κ1) is 11.6.